The number of rotatable bonds is 9. The number of pyridine rings is 1. The van der Waals surface area contributed by atoms with E-state index in [9.17, 15) is 14.7 Å². The summed E-state index contributed by atoms with van der Waals surface area (Å²) in [4.78, 5) is 35.7. The molecule has 2 aromatic heterocycles. The Morgan fingerprint density at radius 2 is 1.72 bits per heavy atom. The number of carbonyl (C=O) groups is 2. The third-order valence-electron chi connectivity index (χ3n) is 8.27. The normalized spacial score (nSPS) is 18.9. The van der Waals surface area contributed by atoms with Crippen LogP contribution in [0.25, 0.3) is 11.4 Å². The first-order valence-electron chi connectivity index (χ1n) is 14.7. The van der Waals surface area contributed by atoms with Gasteiger partial charge in [0.15, 0.2) is 5.76 Å². The highest BCUT2D eigenvalue weighted by molar-refractivity contribution is 6.46. The Morgan fingerprint density at radius 1 is 0.977 bits per heavy atom. The summed E-state index contributed by atoms with van der Waals surface area (Å²) in [6, 6.07) is 20.4. The Bertz CT molecular complexity index is 1660. The molecule has 0 saturated carbocycles. The van der Waals surface area contributed by atoms with Gasteiger partial charge in [-0.3, -0.25) is 14.5 Å². The molecule has 2 saturated heterocycles. The van der Waals surface area contributed by atoms with Gasteiger partial charge in [0.1, 0.15) is 23.7 Å². The smallest absolute Gasteiger partial charge is 0.295 e. The number of carbonyl (C=O) groups excluding carboxylic acids is 2. The lowest BCUT2D eigenvalue weighted by molar-refractivity contribution is -0.140. The van der Waals surface area contributed by atoms with Crippen LogP contribution in [0.2, 0.25) is 0 Å². The van der Waals surface area contributed by atoms with Gasteiger partial charge in [-0.25, -0.2) is 4.98 Å². The molecular weight excluding hydrogens is 544 g/mol. The number of aromatic nitrogens is 2. The van der Waals surface area contributed by atoms with Crippen LogP contribution in [0.5, 0.6) is 5.75 Å². The van der Waals surface area contributed by atoms with E-state index < -0.39 is 17.7 Å². The maximum Gasteiger partial charge on any atom is 0.295 e. The standard InChI is InChI=1S/C34H36N4O5/c1-23-8-6-16-37-24(2)29(35-33(23)37)31(39)28-30(26-11-13-27(14-12-26)43-22-25-9-4-3-5-10-25)38(34(41)32(28)40)17-7-15-36-18-20-42-21-19-36/h3-6,8-14,16,30,39H,7,15,17-22H2,1-2H3/b31-28+. The molecule has 0 bridgehead atoms. The Balaban J connectivity index is 1.33. The first-order valence-corrected chi connectivity index (χ1v) is 14.7. The Kier molecular flexibility index (Phi) is 8.26. The summed E-state index contributed by atoms with van der Waals surface area (Å²) in [6.45, 7) is 8.46. The molecule has 4 heterocycles. The highest BCUT2D eigenvalue weighted by Gasteiger charge is 2.46. The van der Waals surface area contributed by atoms with Crippen LogP contribution in [0.3, 0.4) is 0 Å². The number of hydrogen-bond donors (Lipinski definition) is 1. The minimum atomic E-state index is -0.752. The monoisotopic (exact) mass is 580 g/mol. The van der Waals surface area contributed by atoms with Gasteiger partial charge in [0.2, 0.25) is 0 Å². The molecule has 43 heavy (non-hydrogen) atoms. The van der Waals surface area contributed by atoms with Gasteiger partial charge in [-0.2, -0.15) is 0 Å². The van der Waals surface area contributed by atoms with Gasteiger partial charge in [0, 0.05) is 32.4 Å². The van der Waals surface area contributed by atoms with Crippen molar-refractivity contribution in [2.75, 3.05) is 39.4 Å². The van der Waals surface area contributed by atoms with Gasteiger partial charge >= 0.3 is 0 Å². The van der Waals surface area contributed by atoms with Crippen LogP contribution in [0.1, 0.15) is 40.5 Å². The van der Waals surface area contributed by atoms with Gasteiger partial charge in [0.25, 0.3) is 11.7 Å². The third-order valence-corrected chi connectivity index (χ3v) is 8.27. The number of amides is 1. The van der Waals surface area contributed by atoms with Crippen molar-refractivity contribution in [3.05, 3.63) is 107 Å². The van der Waals surface area contributed by atoms with E-state index in [-0.39, 0.29) is 11.3 Å². The first-order chi connectivity index (χ1) is 20.9. The van der Waals surface area contributed by atoms with Crippen molar-refractivity contribution in [1.82, 2.24) is 19.2 Å². The number of Topliss-reactive ketones (excluding diaryl/α,β-unsaturated/α-hetero) is 1. The average molecular weight is 581 g/mol. The molecule has 2 fully saturated rings. The summed E-state index contributed by atoms with van der Waals surface area (Å²) in [5.41, 5.74) is 4.45. The molecule has 9 heteroatoms. The zero-order valence-corrected chi connectivity index (χ0v) is 24.5. The molecule has 2 aliphatic rings. The van der Waals surface area contributed by atoms with Crippen LogP contribution < -0.4 is 4.74 Å². The molecule has 1 unspecified atom stereocenters. The van der Waals surface area contributed by atoms with Crippen LogP contribution in [-0.2, 0) is 20.9 Å². The maximum absolute atomic E-state index is 13.6. The fourth-order valence-electron chi connectivity index (χ4n) is 5.91. The number of imidazole rings is 1. The summed E-state index contributed by atoms with van der Waals surface area (Å²) in [7, 11) is 0. The second kappa shape index (κ2) is 12.4. The van der Waals surface area contributed by atoms with Crippen molar-refractivity contribution < 1.29 is 24.2 Å². The lowest BCUT2D eigenvalue weighted by atomic mass is 9.96. The Hall–Kier alpha value is -4.47. The van der Waals surface area contributed by atoms with E-state index in [1.165, 1.54) is 0 Å². The highest BCUT2D eigenvalue weighted by atomic mass is 16.5. The number of aliphatic hydroxyl groups excluding tert-OH is 1. The number of ketones is 1. The number of morpholine rings is 1. The molecule has 1 atom stereocenters. The van der Waals surface area contributed by atoms with Crippen LogP contribution >= 0.6 is 0 Å². The maximum atomic E-state index is 13.6. The third kappa shape index (κ3) is 5.78. The van der Waals surface area contributed by atoms with Crippen molar-refractivity contribution in [1.29, 1.82) is 0 Å². The summed E-state index contributed by atoms with van der Waals surface area (Å²) in [5, 5.41) is 11.7. The van der Waals surface area contributed by atoms with Gasteiger partial charge < -0.3 is 23.9 Å². The van der Waals surface area contributed by atoms with E-state index in [1.54, 1.807) is 4.90 Å². The van der Waals surface area contributed by atoms with Gasteiger partial charge in [-0.15, -0.1) is 0 Å². The molecule has 1 N–H and O–H groups in total. The van der Waals surface area contributed by atoms with E-state index >= 15 is 0 Å². The number of ether oxygens (including phenoxy) is 2. The number of likely N-dealkylation sites (tertiary alicyclic amines) is 1. The number of hydrogen-bond acceptors (Lipinski definition) is 7. The zero-order chi connectivity index (χ0) is 29.9. The minimum Gasteiger partial charge on any atom is -0.505 e. The summed E-state index contributed by atoms with van der Waals surface area (Å²) >= 11 is 0. The van der Waals surface area contributed by atoms with E-state index in [0.29, 0.717) is 55.6 Å². The van der Waals surface area contributed by atoms with Crippen LogP contribution in [-0.4, -0.2) is 75.4 Å². The Labute approximate surface area is 251 Å². The molecule has 0 spiro atoms. The van der Waals surface area contributed by atoms with Gasteiger partial charge in [-0.1, -0.05) is 48.5 Å². The second-order valence-corrected chi connectivity index (χ2v) is 11.1. The molecule has 1 amide bonds. The van der Waals surface area contributed by atoms with E-state index in [1.807, 2.05) is 91.2 Å². The van der Waals surface area contributed by atoms with Crippen LogP contribution in [0, 0.1) is 13.8 Å². The zero-order valence-electron chi connectivity index (χ0n) is 24.5. The number of nitrogens with zero attached hydrogens (tertiary/aromatic N) is 4. The fraction of sp³-hybridized carbons (Fsp3) is 0.324. The molecule has 4 aromatic rings. The minimum absolute atomic E-state index is 0.0542. The molecule has 0 aliphatic carbocycles. The Morgan fingerprint density at radius 3 is 2.44 bits per heavy atom. The van der Waals surface area contributed by atoms with Crippen molar-refractivity contribution in [3.8, 4) is 5.75 Å². The van der Waals surface area contributed by atoms with Gasteiger partial charge in [0.05, 0.1) is 30.5 Å². The molecule has 2 aliphatic heterocycles. The fourth-order valence-corrected chi connectivity index (χ4v) is 5.91. The van der Waals surface area contributed by atoms with Crippen molar-refractivity contribution >= 4 is 23.1 Å². The largest absolute Gasteiger partial charge is 0.505 e. The predicted molar refractivity (Wildman–Crippen MR) is 163 cm³/mol. The predicted octanol–water partition coefficient (Wildman–Crippen LogP) is 4.67. The molecule has 6 rings (SSSR count). The number of fused-ring (bicyclic) bond motifs is 1. The van der Waals surface area contributed by atoms with Crippen molar-refractivity contribution in [3.63, 3.8) is 0 Å². The lowest BCUT2D eigenvalue weighted by Crippen LogP contribution is -2.38. The molecule has 0 radical (unpaired) electrons. The topological polar surface area (TPSA) is 96.6 Å². The quantitative estimate of drug-likeness (QED) is 0.175. The number of benzene rings is 2. The molecule has 222 valence electrons. The first kappa shape index (κ1) is 28.6. The molecular formula is C34H36N4O5. The van der Waals surface area contributed by atoms with Crippen LogP contribution in [0.15, 0.2) is 78.5 Å². The molecule has 2 aromatic carbocycles. The lowest BCUT2D eigenvalue weighted by Gasteiger charge is -2.29. The summed E-state index contributed by atoms with van der Waals surface area (Å²) in [6.07, 6.45) is 2.56. The number of aliphatic hydroxyl groups is 1. The van der Waals surface area contributed by atoms with Gasteiger partial charge in [-0.05, 0) is 55.2 Å². The number of aryl methyl sites for hydroxylation is 2. The summed E-state index contributed by atoms with van der Waals surface area (Å²) < 4.78 is 13.3. The van der Waals surface area contributed by atoms with Crippen LogP contribution in [0.4, 0.5) is 0 Å². The van der Waals surface area contributed by atoms with E-state index in [2.05, 4.69) is 4.90 Å². The molecule has 9 nitrogen and oxygen atoms in total. The van der Waals surface area contributed by atoms with E-state index in [4.69, 9.17) is 14.5 Å². The SMILES string of the molecule is Cc1cccn2c(C)c(/C(O)=C3\C(=O)C(=O)N(CCCN4CCOCC4)C3c3ccc(OCc4ccccc4)cc3)nc12. The second-order valence-electron chi connectivity index (χ2n) is 11.1. The van der Waals surface area contributed by atoms with Crippen molar-refractivity contribution in [2.24, 2.45) is 0 Å². The average Bonchev–Trinajstić information content (AvgIpc) is 3.51. The van der Waals surface area contributed by atoms with Crippen molar-refractivity contribution in [2.45, 2.75) is 32.9 Å². The summed E-state index contributed by atoms with van der Waals surface area (Å²) in [5.74, 6) is -0.908. The highest BCUT2D eigenvalue weighted by Crippen LogP contribution is 2.40. The van der Waals surface area contributed by atoms with E-state index in [0.717, 1.165) is 36.3 Å².